The molecule has 3 aromatic carbocycles. The summed E-state index contributed by atoms with van der Waals surface area (Å²) in [7, 11) is -4.58. The van der Waals surface area contributed by atoms with E-state index in [0.29, 0.717) is 27.1 Å². The molecule has 0 aromatic heterocycles. The summed E-state index contributed by atoms with van der Waals surface area (Å²) in [4.78, 5) is -0.850. The molecule has 0 saturated heterocycles. The molecule has 0 aliphatic carbocycles. The van der Waals surface area contributed by atoms with Gasteiger partial charge in [-0.05, 0) is 65.1 Å². The molecular weight excluding hydrogens is 461 g/mol. The zero-order valence-electron chi connectivity index (χ0n) is 15.7. The van der Waals surface area contributed by atoms with Crippen LogP contribution in [0.5, 0.6) is 5.75 Å². The normalized spacial score (nSPS) is 12.1. The summed E-state index contributed by atoms with van der Waals surface area (Å²) in [6, 6.07) is 10.1. The van der Waals surface area contributed by atoms with Crippen LogP contribution in [0.4, 0.5) is 22.0 Å². The van der Waals surface area contributed by atoms with Gasteiger partial charge in [0.1, 0.15) is 17.4 Å². The van der Waals surface area contributed by atoms with Crippen molar-refractivity contribution in [2.75, 3.05) is 0 Å². The van der Waals surface area contributed by atoms with Crippen LogP contribution in [0.3, 0.4) is 0 Å². The highest BCUT2D eigenvalue weighted by Gasteiger charge is 2.31. The molecule has 0 radical (unpaired) electrons. The first kappa shape index (κ1) is 23.0. The van der Waals surface area contributed by atoms with E-state index < -0.39 is 32.9 Å². The number of halogens is 5. The van der Waals surface area contributed by atoms with Gasteiger partial charge in [0.2, 0.25) is 10.0 Å². The Morgan fingerprint density at radius 2 is 1.48 bits per heavy atom. The molecule has 0 amide bonds. The molecule has 0 heterocycles. The minimum atomic E-state index is -4.81. The third kappa shape index (κ3) is 5.17. The molecule has 4 nitrogen and oxygen atoms in total. The molecule has 0 atom stereocenters. The maximum absolute atomic E-state index is 14.1. The number of primary sulfonamides is 1. The fraction of sp³-hybridized carbons (Fsp3) is 0.100. The Balaban J connectivity index is 2.00. The van der Waals surface area contributed by atoms with E-state index in [4.69, 9.17) is 5.14 Å². The first-order chi connectivity index (χ1) is 14.3. The maximum atomic E-state index is 14.1. The van der Waals surface area contributed by atoms with Gasteiger partial charge < -0.3 is 4.74 Å². The van der Waals surface area contributed by atoms with Gasteiger partial charge >= 0.3 is 6.36 Å². The van der Waals surface area contributed by atoms with Crippen molar-refractivity contribution >= 4 is 22.7 Å². The Bertz CT molecular complexity index is 1250. The number of rotatable bonds is 4. The highest BCUT2D eigenvalue weighted by molar-refractivity contribution is 7.89. The van der Waals surface area contributed by atoms with E-state index in [1.807, 2.05) is 0 Å². The fourth-order valence-electron chi connectivity index (χ4n) is 3.07. The average molecular weight is 475 g/mol. The van der Waals surface area contributed by atoms with Crippen LogP contribution < -0.4 is 9.88 Å². The van der Waals surface area contributed by atoms with Gasteiger partial charge in [0, 0.05) is 4.90 Å². The Kier molecular flexibility index (Phi) is 6.05. The van der Waals surface area contributed by atoms with E-state index in [-0.39, 0.29) is 11.3 Å². The Morgan fingerprint density at radius 3 is 1.97 bits per heavy atom. The molecule has 0 unspecified atom stereocenters. The van der Waals surface area contributed by atoms with Crippen molar-refractivity contribution in [1.82, 2.24) is 0 Å². The lowest BCUT2D eigenvalue weighted by Crippen LogP contribution is -2.17. The molecule has 0 bridgehead atoms. The lowest BCUT2D eigenvalue weighted by Gasteiger charge is -2.14. The van der Waals surface area contributed by atoms with E-state index >= 15 is 0 Å². The topological polar surface area (TPSA) is 69.4 Å². The van der Waals surface area contributed by atoms with Crippen molar-refractivity contribution < 1.29 is 35.1 Å². The Morgan fingerprint density at radius 1 is 0.903 bits per heavy atom. The maximum Gasteiger partial charge on any atom is 0.573 e. The zero-order chi connectivity index (χ0) is 23.1. The Labute approximate surface area is 179 Å². The minimum absolute atomic E-state index is 0.0508. The van der Waals surface area contributed by atoms with Gasteiger partial charge in [0.25, 0.3) is 0 Å². The van der Waals surface area contributed by atoms with Crippen LogP contribution in [0.1, 0.15) is 5.56 Å². The summed E-state index contributed by atoms with van der Waals surface area (Å²) in [5.41, 5.74) is 2.01. The lowest BCUT2D eigenvalue weighted by atomic mass is 9.97. The van der Waals surface area contributed by atoms with Gasteiger partial charge in [-0.3, -0.25) is 0 Å². The number of alkyl halides is 3. The van der Waals surface area contributed by atoms with Crippen molar-refractivity contribution in [2.24, 2.45) is 5.14 Å². The summed E-state index contributed by atoms with van der Waals surface area (Å²) in [6.07, 6.45) is -4.81. The molecule has 3 rings (SSSR count). The van der Waals surface area contributed by atoms with Crippen LogP contribution in [0, 0.1) is 18.6 Å². The number of nitrogens with two attached hydrogens (primary N) is 1. The summed E-state index contributed by atoms with van der Waals surface area (Å²) < 4.78 is 92.0. The molecule has 164 valence electrons. The second-order valence-corrected chi connectivity index (χ2v) is 8.55. The number of benzene rings is 3. The van der Waals surface area contributed by atoms with E-state index in [2.05, 4.69) is 17.4 Å². The number of sulfonamides is 1. The van der Waals surface area contributed by atoms with E-state index in [0.717, 1.165) is 18.2 Å². The lowest BCUT2D eigenvalue weighted by molar-refractivity contribution is -0.274. The number of aryl methyl sites for hydroxylation is 1. The van der Waals surface area contributed by atoms with E-state index in [1.165, 1.54) is 24.3 Å². The van der Waals surface area contributed by atoms with Gasteiger partial charge in [-0.1, -0.05) is 18.2 Å². The third-order valence-electron chi connectivity index (χ3n) is 4.34. The predicted octanol–water partition coefficient (Wildman–Crippen LogP) is 5.44. The van der Waals surface area contributed by atoms with Crippen LogP contribution in [-0.4, -0.2) is 14.8 Å². The van der Waals surface area contributed by atoms with Gasteiger partial charge in [-0.15, -0.1) is 25.8 Å². The van der Waals surface area contributed by atoms with Crippen molar-refractivity contribution in [2.45, 2.75) is 23.1 Å². The number of thiol groups is 1. The number of ether oxygens (including phenoxy) is 1. The second-order valence-electron chi connectivity index (χ2n) is 6.57. The quantitative estimate of drug-likeness (QED) is 0.390. The van der Waals surface area contributed by atoms with Crippen LogP contribution in [0.2, 0.25) is 0 Å². The fourth-order valence-corrected chi connectivity index (χ4v) is 4.07. The smallest absolute Gasteiger partial charge is 0.406 e. The largest absolute Gasteiger partial charge is 0.573 e. The summed E-state index contributed by atoms with van der Waals surface area (Å²) in [6.45, 7) is 1.59. The average Bonchev–Trinajstić information content (AvgIpc) is 2.59. The summed E-state index contributed by atoms with van der Waals surface area (Å²) in [5.74, 6) is -3.04. The Hall–Kier alpha value is -2.63. The second kappa shape index (κ2) is 8.13. The number of hydrogen-bond acceptors (Lipinski definition) is 4. The molecule has 0 fully saturated rings. The molecule has 0 aliphatic rings. The third-order valence-corrected chi connectivity index (χ3v) is 5.66. The molecule has 0 spiro atoms. The first-order valence-electron chi connectivity index (χ1n) is 8.48. The minimum Gasteiger partial charge on any atom is -0.406 e. The predicted molar refractivity (Wildman–Crippen MR) is 107 cm³/mol. The van der Waals surface area contributed by atoms with Gasteiger partial charge in [0.05, 0.1) is 0 Å². The molecule has 3 aromatic rings. The van der Waals surface area contributed by atoms with Crippen LogP contribution in [-0.2, 0) is 10.0 Å². The van der Waals surface area contributed by atoms with E-state index in [9.17, 15) is 30.4 Å². The van der Waals surface area contributed by atoms with Crippen molar-refractivity contribution in [3.8, 4) is 28.0 Å². The molecular formula is C20H14F5NO3S2. The zero-order valence-corrected chi connectivity index (χ0v) is 17.4. The first-order valence-corrected chi connectivity index (χ1v) is 10.5. The van der Waals surface area contributed by atoms with Crippen molar-refractivity contribution in [3.05, 3.63) is 65.7 Å². The van der Waals surface area contributed by atoms with Gasteiger partial charge in [-0.25, -0.2) is 22.3 Å². The van der Waals surface area contributed by atoms with E-state index in [1.54, 1.807) is 13.0 Å². The summed E-state index contributed by atoms with van der Waals surface area (Å²) >= 11 is 4.37. The molecule has 31 heavy (non-hydrogen) atoms. The van der Waals surface area contributed by atoms with Gasteiger partial charge in [0.15, 0.2) is 4.90 Å². The standard InChI is InChI=1S/C20H14F5NO3S2/c1-10-6-13(29-20(23,24)25)3-5-14(10)15-4-2-11(9-18(15)30)12-7-16(21)19(17(22)8-12)31(26,27)28/h2-9,30H,1H3,(H2,26,27,28). The SMILES string of the molecule is Cc1cc(OC(F)(F)F)ccc1-c1ccc(-c2cc(F)c(S(N)(=O)=O)c(F)c2)cc1S. The van der Waals surface area contributed by atoms with Crippen molar-refractivity contribution in [3.63, 3.8) is 0 Å². The molecule has 11 heteroatoms. The van der Waals surface area contributed by atoms with Crippen LogP contribution >= 0.6 is 12.6 Å². The van der Waals surface area contributed by atoms with Crippen molar-refractivity contribution in [1.29, 1.82) is 0 Å². The van der Waals surface area contributed by atoms with Gasteiger partial charge in [-0.2, -0.15) is 0 Å². The highest BCUT2D eigenvalue weighted by Crippen LogP contribution is 2.36. The monoisotopic (exact) mass is 475 g/mol. The highest BCUT2D eigenvalue weighted by atomic mass is 32.2. The molecule has 0 aliphatic heterocycles. The molecule has 2 N–H and O–H groups in total. The molecule has 0 saturated carbocycles. The van der Waals surface area contributed by atoms with Crippen LogP contribution in [0.15, 0.2) is 58.3 Å². The van der Waals surface area contributed by atoms with Crippen LogP contribution in [0.25, 0.3) is 22.3 Å². The number of hydrogen-bond donors (Lipinski definition) is 2. The summed E-state index contributed by atoms with van der Waals surface area (Å²) in [5, 5.41) is 4.82.